The zero-order chi connectivity index (χ0) is 14.7. The van der Waals surface area contributed by atoms with Crippen molar-refractivity contribution < 1.29 is 14.6 Å². The Kier molecular flexibility index (Phi) is 5.39. The molecule has 4 heteroatoms. The first-order chi connectivity index (χ1) is 8.68. The summed E-state index contributed by atoms with van der Waals surface area (Å²) < 4.78 is 5.38. The molecule has 19 heavy (non-hydrogen) atoms. The lowest BCUT2D eigenvalue weighted by Crippen LogP contribution is -2.51. The van der Waals surface area contributed by atoms with Crippen LogP contribution in [0.25, 0.3) is 0 Å². The largest absolute Gasteiger partial charge is 0.460 e. The van der Waals surface area contributed by atoms with E-state index in [1.54, 1.807) is 6.92 Å². The normalized spacial score (nSPS) is 22.0. The molecule has 0 aromatic carbocycles. The summed E-state index contributed by atoms with van der Waals surface area (Å²) >= 11 is 0. The minimum atomic E-state index is -0.910. The van der Waals surface area contributed by atoms with Crippen LogP contribution in [-0.2, 0) is 9.53 Å². The molecule has 4 nitrogen and oxygen atoms in total. The molecule has 0 aliphatic carbocycles. The van der Waals surface area contributed by atoms with Gasteiger partial charge in [0.1, 0.15) is 5.60 Å². The Morgan fingerprint density at radius 3 is 2.32 bits per heavy atom. The van der Waals surface area contributed by atoms with E-state index >= 15 is 0 Å². The quantitative estimate of drug-likeness (QED) is 0.796. The summed E-state index contributed by atoms with van der Waals surface area (Å²) in [6.45, 7) is 12.3. The van der Waals surface area contributed by atoms with Gasteiger partial charge in [-0.25, -0.2) is 0 Å². The molecule has 0 saturated carbocycles. The summed E-state index contributed by atoms with van der Waals surface area (Å²) in [6.07, 6.45) is 2.42. The van der Waals surface area contributed by atoms with E-state index in [1.165, 1.54) is 0 Å². The number of aliphatic hydroxyl groups is 1. The monoisotopic (exact) mass is 271 g/mol. The summed E-state index contributed by atoms with van der Waals surface area (Å²) in [5, 5.41) is 10.7. The summed E-state index contributed by atoms with van der Waals surface area (Å²) in [4.78, 5) is 14.4. The minimum absolute atomic E-state index is 0.293. The van der Waals surface area contributed by atoms with Gasteiger partial charge in [-0.05, 0) is 53.5 Å². The van der Waals surface area contributed by atoms with Gasteiger partial charge < -0.3 is 14.7 Å². The number of rotatable bonds is 4. The van der Waals surface area contributed by atoms with E-state index in [2.05, 4.69) is 11.8 Å². The maximum Gasteiger partial charge on any atom is 0.312 e. The SMILES string of the molecule is CCCN1CCC(O)(C(C)C(=O)OC(C)(C)C)CC1. The summed E-state index contributed by atoms with van der Waals surface area (Å²) in [5.74, 6) is -0.755. The summed E-state index contributed by atoms with van der Waals surface area (Å²) in [5.41, 5.74) is -1.41. The van der Waals surface area contributed by atoms with E-state index in [9.17, 15) is 9.90 Å². The molecule has 0 bridgehead atoms. The fourth-order valence-corrected chi connectivity index (χ4v) is 2.52. The predicted molar refractivity (Wildman–Crippen MR) is 75.9 cm³/mol. The first kappa shape index (κ1) is 16.4. The van der Waals surface area contributed by atoms with Gasteiger partial charge in [-0.3, -0.25) is 4.79 Å². The smallest absolute Gasteiger partial charge is 0.312 e. The van der Waals surface area contributed by atoms with Crippen LogP contribution in [0.4, 0.5) is 0 Å². The van der Waals surface area contributed by atoms with Crippen molar-refractivity contribution in [2.75, 3.05) is 19.6 Å². The van der Waals surface area contributed by atoms with Crippen LogP contribution in [0.15, 0.2) is 0 Å². The Labute approximate surface area is 117 Å². The lowest BCUT2D eigenvalue weighted by molar-refractivity contribution is -0.172. The number of ether oxygens (including phenoxy) is 1. The van der Waals surface area contributed by atoms with Gasteiger partial charge >= 0.3 is 5.97 Å². The van der Waals surface area contributed by atoms with Gasteiger partial charge in [0.25, 0.3) is 0 Å². The van der Waals surface area contributed by atoms with Crippen LogP contribution < -0.4 is 0 Å². The maximum absolute atomic E-state index is 12.1. The molecule has 1 saturated heterocycles. The highest BCUT2D eigenvalue weighted by atomic mass is 16.6. The van der Waals surface area contributed by atoms with Gasteiger partial charge in [-0.1, -0.05) is 6.92 Å². The fraction of sp³-hybridized carbons (Fsp3) is 0.933. The molecule has 1 heterocycles. The molecule has 1 rings (SSSR count). The molecule has 0 aromatic heterocycles. The topological polar surface area (TPSA) is 49.8 Å². The highest BCUT2D eigenvalue weighted by Crippen LogP contribution is 2.31. The Bertz CT molecular complexity index is 301. The van der Waals surface area contributed by atoms with Crippen LogP contribution in [0.5, 0.6) is 0 Å². The van der Waals surface area contributed by atoms with Crippen molar-refractivity contribution in [2.24, 2.45) is 5.92 Å². The highest BCUT2D eigenvalue weighted by molar-refractivity contribution is 5.74. The molecule has 0 amide bonds. The van der Waals surface area contributed by atoms with Gasteiger partial charge in [0.05, 0.1) is 11.5 Å². The Balaban J connectivity index is 2.57. The second kappa shape index (κ2) is 6.23. The van der Waals surface area contributed by atoms with E-state index in [0.29, 0.717) is 12.8 Å². The van der Waals surface area contributed by atoms with E-state index < -0.39 is 17.1 Å². The molecular formula is C15H29NO3. The van der Waals surface area contributed by atoms with Crippen molar-refractivity contribution in [3.8, 4) is 0 Å². The molecule has 1 N–H and O–H groups in total. The van der Waals surface area contributed by atoms with Crippen molar-refractivity contribution in [3.05, 3.63) is 0 Å². The van der Waals surface area contributed by atoms with Crippen molar-refractivity contribution in [1.29, 1.82) is 0 Å². The Morgan fingerprint density at radius 1 is 1.37 bits per heavy atom. The minimum Gasteiger partial charge on any atom is -0.460 e. The van der Waals surface area contributed by atoms with Crippen molar-refractivity contribution >= 4 is 5.97 Å². The number of carbonyl (C=O) groups is 1. The Morgan fingerprint density at radius 2 is 1.89 bits per heavy atom. The number of hydrogen-bond donors (Lipinski definition) is 1. The highest BCUT2D eigenvalue weighted by Gasteiger charge is 2.42. The van der Waals surface area contributed by atoms with Crippen molar-refractivity contribution in [1.82, 2.24) is 4.90 Å². The molecular weight excluding hydrogens is 242 g/mol. The number of likely N-dealkylation sites (tertiary alicyclic amines) is 1. The zero-order valence-corrected chi connectivity index (χ0v) is 13.0. The fourth-order valence-electron chi connectivity index (χ4n) is 2.52. The molecule has 1 atom stereocenters. The second-order valence-electron chi connectivity index (χ2n) is 6.70. The maximum atomic E-state index is 12.1. The number of hydrogen-bond acceptors (Lipinski definition) is 4. The van der Waals surface area contributed by atoms with Gasteiger partial charge in [0.15, 0.2) is 0 Å². The standard InChI is InChI=1S/C15H29NO3/c1-6-9-16-10-7-15(18,8-11-16)12(2)13(17)19-14(3,4)5/h12,18H,6-11H2,1-5H3. The third kappa shape index (κ3) is 4.77. The average Bonchev–Trinajstić information content (AvgIpc) is 2.29. The first-order valence-corrected chi connectivity index (χ1v) is 7.35. The van der Waals surface area contributed by atoms with Crippen molar-refractivity contribution in [2.45, 2.75) is 65.1 Å². The van der Waals surface area contributed by atoms with Crippen molar-refractivity contribution in [3.63, 3.8) is 0 Å². The number of esters is 1. The van der Waals surface area contributed by atoms with Crippen LogP contribution in [0.1, 0.15) is 53.9 Å². The van der Waals surface area contributed by atoms with Crippen LogP contribution in [0, 0.1) is 5.92 Å². The van der Waals surface area contributed by atoms with E-state index in [4.69, 9.17) is 4.74 Å². The van der Waals surface area contributed by atoms with Crippen LogP contribution >= 0.6 is 0 Å². The van der Waals surface area contributed by atoms with E-state index in [0.717, 1.165) is 26.1 Å². The number of carbonyl (C=O) groups excluding carboxylic acids is 1. The van der Waals surface area contributed by atoms with Gasteiger partial charge in [0.2, 0.25) is 0 Å². The molecule has 0 spiro atoms. The lowest BCUT2D eigenvalue weighted by atomic mass is 9.80. The predicted octanol–water partition coefficient (Wildman–Crippen LogP) is 2.20. The van der Waals surface area contributed by atoms with Gasteiger partial charge in [-0.15, -0.1) is 0 Å². The Hall–Kier alpha value is -0.610. The molecule has 0 aromatic rings. The molecule has 112 valence electrons. The number of piperidine rings is 1. The van der Waals surface area contributed by atoms with Gasteiger partial charge in [0, 0.05) is 13.1 Å². The van der Waals surface area contributed by atoms with Gasteiger partial charge in [-0.2, -0.15) is 0 Å². The molecule has 1 aliphatic heterocycles. The van der Waals surface area contributed by atoms with E-state index in [1.807, 2.05) is 20.8 Å². The molecule has 0 radical (unpaired) electrons. The molecule has 1 unspecified atom stereocenters. The van der Waals surface area contributed by atoms with Crippen LogP contribution in [-0.4, -0.2) is 46.8 Å². The third-order valence-corrected chi connectivity index (χ3v) is 3.83. The number of nitrogens with zero attached hydrogens (tertiary/aromatic N) is 1. The summed E-state index contributed by atoms with van der Waals surface area (Å²) in [6, 6.07) is 0. The lowest BCUT2D eigenvalue weighted by Gasteiger charge is -2.41. The average molecular weight is 271 g/mol. The summed E-state index contributed by atoms with van der Waals surface area (Å²) in [7, 11) is 0. The van der Waals surface area contributed by atoms with Crippen LogP contribution in [0.2, 0.25) is 0 Å². The van der Waals surface area contributed by atoms with Crippen LogP contribution in [0.3, 0.4) is 0 Å². The molecule has 1 fully saturated rings. The molecule has 1 aliphatic rings. The second-order valence-corrected chi connectivity index (χ2v) is 6.70. The van der Waals surface area contributed by atoms with E-state index in [-0.39, 0.29) is 5.97 Å². The zero-order valence-electron chi connectivity index (χ0n) is 13.0. The first-order valence-electron chi connectivity index (χ1n) is 7.35. The third-order valence-electron chi connectivity index (χ3n) is 3.83.